The third kappa shape index (κ3) is 6.48. The Kier molecular flexibility index (Phi) is 10.0. The van der Waals surface area contributed by atoms with E-state index in [1.54, 1.807) is 34.6 Å². The molecule has 15 atom stereocenters. The van der Waals surface area contributed by atoms with Gasteiger partial charge in [0.15, 0.2) is 53.4 Å². The van der Waals surface area contributed by atoms with E-state index in [9.17, 15) is 39.3 Å². The zero-order chi connectivity index (χ0) is 42.8. The number of ketones is 5. The van der Waals surface area contributed by atoms with Crippen LogP contribution in [0.3, 0.4) is 0 Å². The minimum absolute atomic E-state index is 0.104. The number of hydrogen-bond acceptors (Lipinski definition) is 17. The third-order valence-corrected chi connectivity index (χ3v) is 13.3. The van der Waals surface area contributed by atoms with Crippen LogP contribution in [0.1, 0.15) is 106 Å². The van der Waals surface area contributed by atoms with E-state index in [1.807, 2.05) is 0 Å². The quantitative estimate of drug-likeness (QED) is 0.331. The average Bonchev–Trinajstić information content (AvgIpc) is 3.17. The molecule has 0 spiro atoms. The Hall–Kier alpha value is -4.01. The fraction of sp³-hybridized carbons (Fsp3) is 0.605. The lowest BCUT2D eigenvalue weighted by molar-refractivity contribution is -0.347. The maximum absolute atomic E-state index is 14.4. The summed E-state index contributed by atoms with van der Waals surface area (Å²) in [6.45, 7) is 8.41. The fourth-order valence-electron chi connectivity index (χ4n) is 10.1. The highest BCUT2D eigenvalue weighted by molar-refractivity contribution is 6.32. The topological polar surface area (TPSA) is 246 Å². The first-order valence-corrected chi connectivity index (χ1v) is 20.5. The lowest BCUT2D eigenvalue weighted by atomic mass is 9.57. The summed E-state index contributed by atoms with van der Waals surface area (Å²) in [5.41, 5.74) is -1.72. The number of Topliss-reactive ketones (excluding diaryl/α,β-unsaturated/α-hetero) is 4. The molecule has 1 aromatic rings. The Morgan fingerprint density at radius 1 is 0.867 bits per heavy atom. The van der Waals surface area contributed by atoms with Gasteiger partial charge in [0, 0.05) is 54.9 Å². The molecule has 8 aliphatic rings. The molecule has 60 heavy (non-hydrogen) atoms. The van der Waals surface area contributed by atoms with Crippen LogP contribution < -0.4 is 5.73 Å². The molecule has 5 aliphatic heterocycles. The maximum atomic E-state index is 14.4. The van der Waals surface area contributed by atoms with Crippen LogP contribution in [0.25, 0.3) is 0 Å². The van der Waals surface area contributed by atoms with Crippen molar-refractivity contribution in [1.29, 1.82) is 0 Å². The van der Waals surface area contributed by atoms with E-state index in [-0.39, 0.29) is 58.8 Å². The average molecular weight is 836 g/mol. The highest BCUT2D eigenvalue weighted by Crippen LogP contribution is 2.53. The standard InChI is InChI=1S/C43H49NO16/c1-17-25(45)12-24(44)39(55-17)58-27-8-9-32(54-19(27)3)60-41(5)15-31(47)43(52)34-23(10-11-42(43,51)16-41)36(49)33-22(37(34)50)7-6-21(35(33)48)28-14-29-38(20(4)53-28)59-40-30(57-29)13-26(46)18(2)56-40/h6-7,10-12,17-20,27-30,32,38-40,48,51-52H,8-9,13-16,44H2,1-5H3/t17-,18-,19-,20+,27-,28+,29+,30-,32-,38+,39-,40-,41-,42-,43-/m0/s1. The van der Waals surface area contributed by atoms with E-state index in [1.165, 1.54) is 24.3 Å². The van der Waals surface area contributed by atoms with Crippen molar-refractivity contribution in [3.8, 4) is 5.75 Å². The number of rotatable bonds is 5. The van der Waals surface area contributed by atoms with Crippen LogP contribution in [0.15, 0.2) is 47.2 Å². The van der Waals surface area contributed by atoms with Crippen molar-refractivity contribution in [2.75, 3.05) is 0 Å². The molecule has 0 radical (unpaired) electrons. The number of aromatic hydroxyl groups is 1. The van der Waals surface area contributed by atoms with E-state index in [4.69, 9.17) is 43.6 Å². The monoisotopic (exact) mass is 835 g/mol. The predicted molar refractivity (Wildman–Crippen MR) is 202 cm³/mol. The van der Waals surface area contributed by atoms with Crippen LogP contribution >= 0.6 is 0 Å². The third-order valence-electron chi connectivity index (χ3n) is 13.3. The van der Waals surface area contributed by atoms with Gasteiger partial charge in [-0.25, -0.2) is 0 Å². The lowest BCUT2D eigenvalue weighted by Crippen LogP contribution is -2.69. The minimum Gasteiger partial charge on any atom is -0.507 e. The van der Waals surface area contributed by atoms with Crippen LogP contribution in [0.5, 0.6) is 5.75 Å². The summed E-state index contributed by atoms with van der Waals surface area (Å²) in [6, 6.07) is 2.78. The SMILES string of the molecule is C[C@@H]1O[C@@H](O[C@H]2CC[C@H](O[C@@]3(C)CC(=O)[C@]4(O)C5=C(C=C[C@]4(O)C3)C(=O)c3c(ccc([C@H]4C[C@H]6O[C@H]7CC(=O)[C@H](C)O[C@H]7O[C@@H]6[C@@H](C)O4)c3O)C5=O)O[C@H]2C)C(N)=CC1=O. The van der Waals surface area contributed by atoms with Crippen molar-refractivity contribution in [3.05, 3.63) is 63.9 Å². The van der Waals surface area contributed by atoms with Crippen molar-refractivity contribution < 1.29 is 77.2 Å². The molecular formula is C43H49NO16. The molecule has 322 valence electrons. The second kappa shape index (κ2) is 14.5. The van der Waals surface area contributed by atoms with Gasteiger partial charge >= 0.3 is 0 Å². The first-order valence-electron chi connectivity index (χ1n) is 20.5. The van der Waals surface area contributed by atoms with Gasteiger partial charge < -0.3 is 58.9 Å². The van der Waals surface area contributed by atoms with Gasteiger partial charge in [-0.3, -0.25) is 24.0 Å². The lowest BCUT2D eigenvalue weighted by Gasteiger charge is -2.53. The van der Waals surface area contributed by atoms with E-state index in [2.05, 4.69) is 0 Å². The smallest absolute Gasteiger partial charge is 0.199 e. The first kappa shape index (κ1) is 41.3. The van der Waals surface area contributed by atoms with E-state index < -0.39 is 126 Å². The normalized spacial score (nSPS) is 44.0. The summed E-state index contributed by atoms with van der Waals surface area (Å²) < 4.78 is 48.6. The Bertz CT molecular complexity index is 2160. The Morgan fingerprint density at radius 3 is 2.38 bits per heavy atom. The fourth-order valence-corrected chi connectivity index (χ4v) is 10.1. The largest absolute Gasteiger partial charge is 0.507 e. The number of carbonyl (C=O) groups is 5. The zero-order valence-electron chi connectivity index (χ0n) is 33.8. The van der Waals surface area contributed by atoms with Gasteiger partial charge in [0.25, 0.3) is 0 Å². The molecule has 0 aromatic heterocycles. The molecule has 3 aliphatic carbocycles. The summed E-state index contributed by atoms with van der Waals surface area (Å²) in [4.78, 5) is 67.1. The summed E-state index contributed by atoms with van der Waals surface area (Å²) in [6.07, 6.45) is -4.00. The van der Waals surface area contributed by atoms with E-state index in [0.717, 1.165) is 6.08 Å². The molecular weight excluding hydrogens is 786 g/mol. The number of allylic oxidation sites excluding steroid dienone is 2. The summed E-state index contributed by atoms with van der Waals surface area (Å²) in [5.74, 6) is -3.54. The number of hydrogen-bond donors (Lipinski definition) is 4. The molecule has 5 heterocycles. The molecule has 1 saturated carbocycles. The first-order chi connectivity index (χ1) is 28.3. The van der Waals surface area contributed by atoms with Crippen molar-refractivity contribution >= 4 is 28.9 Å². The van der Waals surface area contributed by atoms with Gasteiger partial charge in [0.1, 0.15) is 35.8 Å². The number of phenolic OH excluding ortho intramolecular Hbond substituents is 1. The van der Waals surface area contributed by atoms with Crippen molar-refractivity contribution in [2.45, 2.75) is 164 Å². The van der Waals surface area contributed by atoms with Gasteiger partial charge in [-0.2, -0.15) is 0 Å². The Morgan fingerprint density at radius 2 is 1.63 bits per heavy atom. The number of benzene rings is 1. The van der Waals surface area contributed by atoms with Crippen molar-refractivity contribution in [1.82, 2.24) is 0 Å². The van der Waals surface area contributed by atoms with Gasteiger partial charge in [-0.15, -0.1) is 0 Å². The van der Waals surface area contributed by atoms with Gasteiger partial charge in [0.2, 0.25) is 0 Å². The molecule has 1 aromatic carbocycles. The number of ether oxygens (including phenoxy) is 8. The molecule has 17 nitrogen and oxygen atoms in total. The Labute approximate surface area is 344 Å². The highest BCUT2D eigenvalue weighted by atomic mass is 16.7. The predicted octanol–water partition coefficient (Wildman–Crippen LogP) is 2.01. The number of nitrogens with two attached hydrogens (primary N) is 1. The van der Waals surface area contributed by atoms with Crippen molar-refractivity contribution in [3.63, 3.8) is 0 Å². The van der Waals surface area contributed by atoms with Crippen LogP contribution in [0.4, 0.5) is 0 Å². The van der Waals surface area contributed by atoms with Gasteiger partial charge in [0.05, 0.1) is 53.0 Å². The van der Waals surface area contributed by atoms with Crippen LogP contribution in [-0.2, 0) is 52.3 Å². The number of fused-ring (bicyclic) bond motifs is 5. The second-order valence-electron chi connectivity index (χ2n) is 17.6. The molecule has 9 rings (SSSR count). The minimum atomic E-state index is -2.82. The second-order valence-corrected chi connectivity index (χ2v) is 17.6. The summed E-state index contributed by atoms with van der Waals surface area (Å²) in [5, 5.41) is 36.1. The summed E-state index contributed by atoms with van der Waals surface area (Å²) in [7, 11) is 0. The van der Waals surface area contributed by atoms with E-state index in [0.29, 0.717) is 12.8 Å². The van der Waals surface area contributed by atoms with Crippen LogP contribution in [0, 0.1) is 0 Å². The molecule has 17 heteroatoms. The molecule has 5 N–H and O–H groups in total. The number of carbonyl (C=O) groups excluding carboxylic acids is 5. The van der Waals surface area contributed by atoms with E-state index >= 15 is 0 Å². The van der Waals surface area contributed by atoms with Crippen LogP contribution in [0.2, 0.25) is 0 Å². The molecule has 4 saturated heterocycles. The van der Waals surface area contributed by atoms with Crippen LogP contribution in [-0.4, -0.2) is 129 Å². The Balaban J connectivity index is 0.909. The zero-order valence-corrected chi connectivity index (χ0v) is 33.8. The number of phenols is 1. The van der Waals surface area contributed by atoms with Gasteiger partial charge in [-0.1, -0.05) is 12.1 Å². The summed E-state index contributed by atoms with van der Waals surface area (Å²) >= 11 is 0. The maximum Gasteiger partial charge on any atom is 0.199 e. The highest BCUT2D eigenvalue weighted by Gasteiger charge is 2.67. The van der Waals surface area contributed by atoms with Crippen molar-refractivity contribution in [2.24, 2.45) is 5.73 Å². The van der Waals surface area contributed by atoms with Gasteiger partial charge in [-0.05, 0) is 53.2 Å². The molecule has 5 fully saturated rings. The molecule has 0 unspecified atom stereocenters. The number of aliphatic hydroxyl groups is 2. The molecule has 0 bridgehead atoms. The molecule has 0 amide bonds.